The lowest BCUT2D eigenvalue weighted by Crippen LogP contribution is -2.42. The fourth-order valence-electron chi connectivity index (χ4n) is 2.16. The number of carbonyl (C=O) groups is 2. The van der Waals surface area contributed by atoms with Gasteiger partial charge >= 0.3 is 12.0 Å². The van der Waals surface area contributed by atoms with Crippen LogP contribution in [0.25, 0.3) is 0 Å². The van der Waals surface area contributed by atoms with E-state index < -0.39 is 5.97 Å². The van der Waals surface area contributed by atoms with Gasteiger partial charge in [0.15, 0.2) is 0 Å². The van der Waals surface area contributed by atoms with Crippen molar-refractivity contribution in [3.63, 3.8) is 0 Å². The number of rotatable bonds is 10. The fraction of sp³-hybridized carbons (Fsp3) is 0.857. The molecule has 0 spiro atoms. The molecule has 0 aromatic rings. The Morgan fingerprint density at radius 3 is 2.40 bits per heavy atom. The van der Waals surface area contributed by atoms with Gasteiger partial charge in [-0.1, -0.05) is 13.8 Å². The maximum absolute atomic E-state index is 11.9. The van der Waals surface area contributed by atoms with Gasteiger partial charge in [0.25, 0.3) is 0 Å². The van der Waals surface area contributed by atoms with E-state index >= 15 is 0 Å². The monoisotopic (exact) mass is 288 g/mol. The molecule has 0 aliphatic rings. The Kier molecular flexibility index (Phi) is 9.80. The number of carboxylic acid groups (broad SMARTS) is 1. The van der Waals surface area contributed by atoms with E-state index in [1.165, 1.54) is 0 Å². The lowest BCUT2D eigenvalue weighted by molar-refractivity contribution is -0.138. The number of amides is 2. The van der Waals surface area contributed by atoms with Crippen molar-refractivity contribution in [3.05, 3.63) is 0 Å². The molecule has 118 valence electrons. The summed E-state index contributed by atoms with van der Waals surface area (Å²) < 4.78 is 0. The summed E-state index contributed by atoms with van der Waals surface area (Å²) in [5, 5.41) is 20.5. The van der Waals surface area contributed by atoms with E-state index in [9.17, 15) is 9.59 Å². The second-order valence-corrected chi connectivity index (χ2v) is 5.44. The average molecular weight is 288 g/mol. The van der Waals surface area contributed by atoms with Crippen LogP contribution in [0.15, 0.2) is 0 Å². The first kappa shape index (κ1) is 18.7. The third-order valence-corrected chi connectivity index (χ3v) is 3.07. The Hall–Kier alpha value is -1.30. The average Bonchev–Trinajstić information content (AvgIpc) is 2.35. The summed E-state index contributed by atoms with van der Waals surface area (Å²) in [5.41, 5.74) is 0. The number of urea groups is 1. The molecule has 0 aliphatic carbocycles. The third kappa shape index (κ3) is 8.74. The Bertz CT molecular complexity index is 295. The zero-order valence-corrected chi connectivity index (χ0v) is 12.8. The molecule has 0 rings (SSSR count). The minimum absolute atomic E-state index is 0.0482. The summed E-state index contributed by atoms with van der Waals surface area (Å²) in [7, 11) is 0. The first-order chi connectivity index (χ1) is 9.40. The zero-order chi connectivity index (χ0) is 15.5. The lowest BCUT2D eigenvalue weighted by Gasteiger charge is -2.23. The van der Waals surface area contributed by atoms with Gasteiger partial charge in [0.05, 0.1) is 0 Å². The van der Waals surface area contributed by atoms with Crippen LogP contribution in [0, 0.1) is 11.8 Å². The predicted octanol–water partition coefficient (Wildman–Crippen LogP) is 1.54. The molecule has 0 saturated carbocycles. The molecule has 0 aromatic heterocycles. The number of nitrogens with one attached hydrogen (secondary N) is 1. The van der Waals surface area contributed by atoms with Gasteiger partial charge in [0, 0.05) is 32.7 Å². The maximum atomic E-state index is 11.9. The summed E-state index contributed by atoms with van der Waals surface area (Å²) in [4.78, 5) is 24.4. The van der Waals surface area contributed by atoms with Gasteiger partial charge in [0.2, 0.25) is 0 Å². The molecule has 2 amide bonds. The number of hydrogen-bond donors (Lipinski definition) is 3. The van der Waals surface area contributed by atoms with E-state index in [4.69, 9.17) is 10.2 Å². The normalized spacial score (nSPS) is 12.2. The summed E-state index contributed by atoms with van der Waals surface area (Å²) in [6.45, 7) is 7.45. The van der Waals surface area contributed by atoms with Crippen molar-refractivity contribution in [2.75, 3.05) is 26.2 Å². The molecule has 0 aromatic carbocycles. The highest BCUT2D eigenvalue weighted by Gasteiger charge is 2.17. The van der Waals surface area contributed by atoms with Crippen LogP contribution in [0.1, 0.15) is 40.0 Å². The fourth-order valence-corrected chi connectivity index (χ4v) is 2.16. The molecule has 0 fully saturated rings. The van der Waals surface area contributed by atoms with Crippen LogP contribution < -0.4 is 5.32 Å². The van der Waals surface area contributed by atoms with Crippen LogP contribution in [0.4, 0.5) is 4.79 Å². The molecule has 6 nitrogen and oxygen atoms in total. The van der Waals surface area contributed by atoms with Crippen molar-refractivity contribution >= 4 is 12.0 Å². The summed E-state index contributed by atoms with van der Waals surface area (Å²) in [6.07, 6.45) is 1.39. The molecule has 0 radical (unpaired) electrons. The minimum atomic E-state index is -0.836. The molecular formula is C14H28N2O4. The molecule has 6 heteroatoms. The molecule has 20 heavy (non-hydrogen) atoms. The minimum Gasteiger partial charge on any atom is -0.481 e. The lowest BCUT2D eigenvalue weighted by atomic mass is 9.94. The van der Waals surface area contributed by atoms with E-state index in [2.05, 4.69) is 5.32 Å². The summed E-state index contributed by atoms with van der Waals surface area (Å²) in [6, 6.07) is -0.194. The van der Waals surface area contributed by atoms with Gasteiger partial charge in [-0.2, -0.15) is 0 Å². The highest BCUT2D eigenvalue weighted by molar-refractivity contribution is 5.74. The van der Waals surface area contributed by atoms with E-state index in [1.54, 1.807) is 4.90 Å². The first-order valence-electron chi connectivity index (χ1n) is 7.26. The number of hydrogen-bond acceptors (Lipinski definition) is 3. The molecule has 3 N–H and O–H groups in total. The van der Waals surface area contributed by atoms with Crippen LogP contribution in [-0.4, -0.2) is 53.4 Å². The number of carboxylic acids is 1. The highest BCUT2D eigenvalue weighted by atomic mass is 16.4. The van der Waals surface area contributed by atoms with Gasteiger partial charge in [-0.15, -0.1) is 0 Å². The largest absolute Gasteiger partial charge is 0.481 e. The zero-order valence-electron chi connectivity index (χ0n) is 12.8. The predicted molar refractivity (Wildman–Crippen MR) is 77.5 cm³/mol. The molecule has 0 aliphatic heterocycles. The summed E-state index contributed by atoms with van der Waals surface area (Å²) >= 11 is 0. The van der Waals surface area contributed by atoms with E-state index in [1.807, 2.05) is 20.8 Å². The van der Waals surface area contributed by atoms with Crippen molar-refractivity contribution in [1.29, 1.82) is 0 Å². The number of aliphatic hydroxyl groups is 1. The standard InChI is InChI=1S/C14H28N2O4/c1-4-16(6-5-7-17)14(20)15-10-12(8-11(2)3)9-13(18)19/h11-12,17H,4-10H2,1-3H3,(H,15,20)(H,18,19)/t12-/m0/s1. The third-order valence-electron chi connectivity index (χ3n) is 3.07. The number of nitrogens with zero attached hydrogens (tertiary/aromatic N) is 1. The van der Waals surface area contributed by atoms with Crippen molar-refractivity contribution in [3.8, 4) is 0 Å². The van der Waals surface area contributed by atoms with Crippen molar-refractivity contribution in [2.24, 2.45) is 11.8 Å². The second-order valence-electron chi connectivity index (χ2n) is 5.44. The SMILES string of the molecule is CCN(CCCO)C(=O)NC[C@H](CC(=O)O)CC(C)C. The topological polar surface area (TPSA) is 89.9 Å². The van der Waals surface area contributed by atoms with E-state index in [0.717, 1.165) is 6.42 Å². The number of carbonyl (C=O) groups excluding carboxylic acids is 1. The van der Waals surface area contributed by atoms with Crippen LogP contribution in [-0.2, 0) is 4.79 Å². The number of aliphatic hydroxyl groups excluding tert-OH is 1. The van der Waals surface area contributed by atoms with Crippen LogP contribution >= 0.6 is 0 Å². The van der Waals surface area contributed by atoms with Gasteiger partial charge < -0.3 is 20.4 Å². The van der Waals surface area contributed by atoms with Crippen LogP contribution in [0.5, 0.6) is 0 Å². The van der Waals surface area contributed by atoms with Gasteiger partial charge in [0.1, 0.15) is 0 Å². The van der Waals surface area contributed by atoms with E-state index in [-0.39, 0.29) is 25.0 Å². The van der Waals surface area contributed by atoms with Gasteiger partial charge in [-0.25, -0.2) is 4.79 Å². The van der Waals surface area contributed by atoms with Crippen LogP contribution in [0.3, 0.4) is 0 Å². The van der Waals surface area contributed by atoms with Crippen molar-refractivity contribution in [2.45, 2.75) is 40.0 Å². The van der Waals surface area contributed by atoms with Crippen LogP contribution in [0.2, 0.25) is 0 Å². The van der Waals surface area contributed by atoms with E-state index in [0.29, 0.717) is 32.0 Å². The Labute approximate surface area is 121 Å². The highest BCUT2D eigenvalue weighted by Crippen LogP contribution is 2.14. The molecular weight excluding hydrogens is 260 g/mol. The van der Waals surface area contributed by atoms with Crippen molar-refractivity contribution < 1.29 is 19.8 Å². The van der Waals surface area contributed by atoms with Crippen molar-refractivity contribution in [1.82, 2.24) is 10.2 Å². The first-order valence-corrected chi connectivity index (χ1v) is 7.26. The number of aliphatic carboxylic acids is 1. The van der Waals surface area contributed by atoms with Gasteiger partial charge in [-0.3, -0.25) is 4.79 Å². The second kappa shape index (κ2) is 10.5. The Morgan fingerprint density at radius 2 is 1.95 bits per heavy atom. The quantitative estimate of drug-likeness (QED) is 0.569. The Balaban J connectivity index is 4.28. The molecule has 0 unspecified atom stereocenters. The maximum Gasteiger partial charge on any atom is 0.317 e. The smallest absolute Gasteiger partial charge is 0.317 e. The molecule has 0 saturated heterocycles. The molecule has 1 atom stereocenters. The Morgan fingerprint density at radius 1 is 1.30 bits per heavy atom. The molecule has 0 bridgehead atoms. The molecule has 0 heterocycles. The van der Waals surface area contributed by atoms with Gasteiger partial charge in [-0.05, 0) is 31.6 Å². The summed E-state index contributed by atoms with van der Waals surface area (Å²) in [5.74, 6) is -0.488.